The first-order valence-corrected chi connectivity index (χ1v) is 12.4. The van der Waals surface area contributed by atoms with Crippen LogP contribution in [0.2, 0.25) is 0 Å². The van der Waals surface area contributed by atoms with Crippen molar-refractivity contribution in [3.8, 4) is 11.1 Å². The Morgan fingerprint density at radius 1 is 1.09 bits per heavy atom. The molecular formula is C25H23Cl3N2O3S. The summed E-state index contributed by atoms with van der Waals surface area (Å²) in [6, 6.07) is 17.1. The van der Waals surface area contributed by atoms with E-state index >= 15 is 0 Å². The lowest BCUT2D eigenvalue weighted by atomic mass is 10.0. The molecule has 9 heteroatoms. The van der Waals surface area contributed by atoms with E-state index in [0.717, 1.165) is 16.7 Å². The zero-order chi connectivity index (χ0) is 24.7. The van der Waals surface area contributed by atoms with Crippen molar-refractivity contribution in [1.29, 1.82) is 0 Å². The summed E-state index contributed by atoms with van der Waals surface area (Å²) in [5.41, 5.74) is 3.78. The number of hydrogen-bond donors (Lipinski definition) is 2. The molecule has 1 heterocycles. The van der Waals surface area contributed by atoms with Gasteiger partial charge in [-0.15, -0.1) is 11.3 Å². The maximum Gasteiger partial charge on any atom is 0.341 e. The second-order valence-electron chi connectivity index (χ2n) is 7.31. The van der Waals surface area contributed by atoms with Gasteiger partial charge in [-0.2, -0.15) is 0 Å². The van der Waals surface area contributed by atoms with E-state index < -0.39 is 21.8 Å². The van der Waals surface area contributed by atoms with Crippen molar-refractivity contribution in [2.75, 3.05) is 11.9 Å². The van der Waals surface area contributed by atoms with Crippen molar-refractivity contribution in [2.24, 2.45) is 0 Å². The van der Waals surface area contributed by atoms with Crippen LogP contribution >= 0.6 is 46.1 Å². The number of thiophene rings is 1. The molecule has 5 nitrogen and oxygen atoms in total. The molecule has 3 rings (SSSR count). The predicted molar refractivity (Wildman–Crippen MR) is 142 cm³/mol. The van der Waals surface area contributed by atoms with Gasteiger partial charge in [0.05, 0.1) is 6.61 Å². The van der Waals surface area contributed by atoms with Gasteiger partial charge < -0.3 is 15.4 Å². The summed E-state index contributed by atoms with van der Waals surface area (Å²) >= 11 is 19.7. The fourth-order valence-electron chi connectivity index (χ4n) is 3.07. The van der Waals surface area contributed by atoms with Gasteiger partial charge in [0.15, 0.2) is 0 Å². The topological polar surface area (TPSA) is 67.4 Å². The van der Waals surface area contributed by atoms with E-state index in [1.165, 1.54) is 17.4 Å². The third kappa shape index (κ3) is 7.00. The maximum atomic E-state index is 12.8. The highest BCUT2D eigenvalue weighted by Gasteiger charge is 2.35. The van der Waals surface area contributed by atoms with Crippen LogP contribution in [0.4, 0.5) is 5.00 Å². The Labute approximate surface area is 217 Å². The Morgan fingerprint density at radius 3 is 2.38 bits per heavy atom. The molecule has 0 fully saturated rings. The lowest BCUT2D eigenvalue weighted by Crippen LogP contribution is -2.48. The van der Waals surface area contributed by atoms with Crippen molar-refractivity contribution in [1.82, 2.24) is 5.32 Å². The summed E-state index contributed by atoms with van der Waals surface area (Å²) in [5, 5.41) is 7.91. The fourth-order valence-corrected chi connectivity index (χ4v) is 4.39. The van der Waals surface area contributed by atoms with Gasteiger partial charge in [-0.25, -0.2) is 4.79 Å². The first-order valence-electron chi connectivity index (χ1n) is 10.4. The van der Waals surface area contributed by atoms with Crippen molar-refractivity contribution < 1.29 is 14.3 Å². The van der Waals surface area contributed by atoms with Crippen LogP contribution in [0, 0.1) is 6.92 Å². The molecule has 1 aromatic heterocycles. The number of anilines is 1. The molecule has 0 spiro atoms. The minimum Gasteiger partial charge on any atom is -0.462 e. The molecule has 0 saturated carbocycles. The SMILES string of the molecule is CCOC(=O)c1c(-c2ccc(C)cc2)csc1N[C@@H](NC(=O)/C=C/c1ccccc1)C(Cl)(Cl)Cl. The number of benzene rings is 2. The van der Waals surface area contributed by atoms with Crippen LogP contribution in [-0.2, 0) is 9.53 Å². The Bertz CT molecular complexity index is 1160. The molecule has 34 heavy (non-hydrogen) atoms. The molecule has 3 aromatic rings. The van der Waals surface area contributed by atoms with E-state index in [1.54, 1.807) is 13.0 Å². The number of nitrogens with one attached hydrogen (secondary N) is 2. The third-order valence-electron chi connectivity index (χ3n) is 4.75. The van der Waals surface area contributed by atoms with Crippen molar-refractivity contribution in [3.63, 3.8) is 0 Å². The zero-order valence-corrected chi connectivity index (χ0v) is 21.6. The summed E-state index contributed by atoms with van der Waals surface area (Å²) in [7, 11) is 0. The normalized spacial score (nSPS) is 12.4. The number of aryl methyl sites for hydroxylation is 1. The Hall–Kier alpha value is -2.51. The van der Waals surface area contributed by atoms with Crippen LogP contribution in [-0.4, -0.2) is 28.4 Å². The molecule has 0 aliphatic rings. The van der Waals surface area contributed by atoms with Crippen molar-refractivity contribution >= 4 is 69.1 Å². The van der Waals surface area contributed by atoms with Crippen LogP contribution in [0.1, 0.15) is 28.4 Å². The molecule has 2 N–H and O–H groups in total. The predicted octanol–water partition coefficient (Wildman–Crippen LogP) is 6.84. The van der Waals surface area contributed by atoms with E-state index in [0.29, 0.717) is 16.1 Å². The molecule has 0 radical (unpaired) electrons. The van der Waals surface area contributed by atoms with Crippen LogP contribution in [0.25, 0.3) is 17.2 Å². The van der Waals surface area contributed by atoms with E-state index in [1.807, 2.05) is 66.9 Å². The number of esters is 1. The number of halogens is 3. The van der Waals surface area contributed by atoms with Crippen LogP contribution in [0.3, 0.4) is 0 Å². The Morgan fingerprint density at radius 2 is 1.76 bits per heavy atom. The minimum absolute atomic E-state index is 0.205. The monoisotopic (exact) mass is 536 g/mol. The maximum absolute atomic E-state index is 12.8. The van der Waals surface area contributed by atoms with Gasteiger partial charge in [-0.1, -0.05) is 95.0 Å². The molecule has 1 amide bonds. The van der Waals surface area contributed by atoms with Gasteiger partial charge >= 0.3 is 5.97 Å². The first-order chi connectivity index (χ1) is 16.2. The third-order valence-corrected chi connectivity index (χ3v) is 6.32. The average Bonchev–Trinajstić information content (AvgIpc) is 3.22. The molecular weight excluding hydrogens is 515 g/mol. The number of alkyl halides is 3. The smallest absolute Gasteiger partial charge is 0.341 e. The average molecular weight is 538 g/mol. The summed E-state index contributed by atoms with van der Waals surface area (Å²) in [5.74, 6) is -0.985. The molecule has 0 saturated heterocycles. The van der Waals surface area contributed by atoms with Crippen molar-refractivity contribution in [2.45, 2.75) is 23.8 Å². The summed E-state index contributed by atoms with van der Waals surface area (Å²) < 4.78 is 3.37. The summed E-state index contributed by atoms with van der Waals surface area (Å²) in [6.45, 7) is 3.92. The first kappa shape index (κ1) is 26.1. The summed E-state index contributed by atoms with van der Waals surface area (Å²) in [4.78, 5) is 25.4. The highest BCUT2D eigenvalue weighted by atomic mass is 35.6. The molecule has 0 aliphatic heterocycles. The minimum atomic E-state index is -1.91. The standard InChI is InChI=1S/C25H23Cl3N2O3S/c1-3-33-23(32)21-19(18-12-9-16(2)10-13-18)15-34-22(21)30-24(25(26,27)28)29-20(31)14-11-17-7-5-4-6-8-17/h4-15,24,30H,3H2,1-2H3,(H,29,31)/b14-11+/t24-/m1/s1. The van der Waals surface area contributed by atoms with Crippen LogP contribution in [0.15, 0.2) is 66.1 Å². The quantitative estimate of drug-likeness (QED) is 0.143. The number of hydrogen-bond acceptors (Lipinski definition) is 5. The largest absolute Gasteiger partial charge is 0.462 e. The molecule has 0 bridgehead atoms. The van der Waals surface area contributed by atoms with Gasteiger partial charge in [-0.3, -0.25) is 4.79 Å². The number of carbonyl (C=O) groups excluding carboxylic acids is 2. The second-order valence-corrected chi connectivity index (χ2v) is 10.6. The number of ether oxygens (including phenoxy) is 1. The molecule has 178 valence electrons. The van der Waals surface area contributed by atoms with E-state index in [4.69, 9.17) is 39.5 Å². The zero-order valence-electron chi connectivity index (χ0n) is 18.5. The molecule has 0 aliphatic carbocycles. The summed E-state index contributed by atoms with van der Waals surface area (Å²) in [6.07, 6.45) is 1.87. The van der Waals surface area contributed by atoms with Gasteiger partial charge in [0.2, 0.25) is 9.70 Å². The number of amides is 1. The van der Waals surface area contributed by atoms with Gasteiger partial charge in [0.1, 0.15) is 16.7 Å². The van der Waals surface area contributed by atoms with E-state index in [-0.39, 0.29) is 6.61 Å². The highest BCUT2D eigenvalue weighted by molar-refractivity contribution is 7.15. The van der Waals surface area contributed by atoms with Gasteiger partial charge in [0.25, 0.3) is 0 Å². The van der Waals surface area contributed by atoms with Gasteiger partial charge in [0, 0.05) is 17.0 Å². The molecule has 2 aromatic carbocycles. The van der Waals surface area contributed by atoms with E-state index in [9.17, 15) is 9.59 Å². The second kappa shape index (κ2) is 11.8. The Kier molecular flexibility index (Phi) is 9.03. The number of carbonyl (C=O) groups is 2. The van der Waals surface area contributed by atoms with Gasteiger partial charge in [-0.05, 0) is 31.1 Å². The highest BCUT2D eigenvalue weighted by Crippen LogP contribution is 2.39. The lowest BCUT2D eigenvalue weighted by Gasteiger charge is -2.26. The Balaban J connectivity index is 1.88. The van der Waals surface area contributed by atoms with Crippen molar-refractivity contribution in [3.05, 3.63) is 82.7 Å². The molecule has 0 unspecified atom stereocenters. The number of rotatable bonds is 8. The lowest BCUT2D eigenvalue weighted by molar-refractivity contribution is -0.116. The van der Waals surface area contributed by atoms with Crippen LogP contribution in [0.5, 0.6) is 0 Å². The van der Waals surface area contributed by atoms with Crippen LogP contribution < -0.4 is 10.6 Å². The fraction of sp³-hybridized carbons (Fsp3) is 0.200. The molecule has 1 atom stereocenters. The van der Waals surface area contributed by atoms with E-state index in [2.05, 4.69) is 10.6 Å².